The van der Waals surface area contributed by atoms with Gasteiger partial charge in [0.05, 0.1) is 0 Å². The Hall–Kier alpha value is 0.943. The largest absolute Gasteiger partial charge is 0.316 e. The van der Waals surface area contributed by atoms with Crippen LogP contribution in [0, 0.1) is 0 Å². The fourth-order valence-electron chi connectivity index (χ4n) is 0. The average Bonchev–Trinajstić information content (AvgIpc) is 1.25. The molecule has 0 bridgehead atoms. The molecule has 0 radical (unpaired) electrons. The molecule has 6 nitrogen and oxygen atoms in total. The molecule has 0 spiro atoms. The molecule has 8 heteroatoms. The summed E-state index contributed by atoms with van der Waals surface area (Å²) in [5.41, 5.74) is 0. The Labute approximate surface area is 115 Å². The molecule has 0 fully saturated rings. The fourth-order valence-corrected chi connectivity index (χ4v) is 0. The van der Waals surface area contributed by atoms with Crippen LogP contribution in [0.3, 0.4) is 0 Å². The van der Waals surface area contributed by atoms with E-state index >= 15 is 0 Å². The monoisotopic (exact) mass is 190 g/mol. The van der Waals surface area contributed by atoms with Crippen LogP contribution >= 0.6 is 0 Å². The summed E-state index contributed by atoms with van der Waals surface area (Å²) in [6.07, 6.45) is -3.67. The molecule has 0 unspecified atom stereocenters. The maximum Gasteiger partial charge on any atom is 0.316 e. The van der Waals surface area contributed by atoms with Gasteiger partial charge in [-0.05, 0) is 0 Å². The van der Waals surface area contributed by atoms with Crippen molar-refractivity contribution in [2.75, 3.05) is 0 Å². The number of carboxylic acid groups (broad SMARTS) is 4. The van der Waals surface area contributed by atoms with Gasteiger partial charge < -0.3 is 20.4 Å². The number of carbonyl (C=O) groups is 2. The van der Waals surface area contributed by atoms with Crippen molar-refractivity contribution in [3.63, 3.8) is 0 Å². The standard InChI is InChI=1S/2CH2O3.K.Mg.3H/c2*2-1(3)4;;;;;/h2*(H2,2,3,4);;;;;. The van der Waals surface area contributed by atoms with Gasteiger partial charge >= 0.3 is 86.7 Å². The van der Waals surface area contributed by atoms with Crippen LogP contribution < -0.4 is 0 Å². The van der Waals surface area contributed by atoms with E-state index < -0.39 is 12.3 Å². The third kappa shape index (κ3) is 635. The molecule has 0 saturated heterocycles. The Morgan fingerprint density at radius 2 is 0.800 bits per heavy atom. The molecule has 0 heterocycles. The normalized spacial score (nSPS) is 4.80. The molecule has 0 aliphatic rings. The van der Waals surface area contributed by atoms with Crippen LogP contribution in [0.25, 0.3) is 0 Å². The summed E-state index contributed by atoms with van der Waals surface area (Å²) >= 11 is 0. The Bertz CT molecular complexity index is 73.7. The van der Waals surface area contributed by atoms with E-state index in [1.807, 2.05) is 0 Å². The van der Waals surface area contributed by atoms with Crippen LogP contribution in [0.4, 0.5) is 9.59 Å². The van der Waals surface area contributed by atoms with Crippen molar-refractivity contribution in [2.45, 2.75) is 0 Å². The second-order valence-corrected chi connectivity index (χ2v) is 0.565. The average molecular weight is 190 g/mol. The van der Waals surface area contributed by atoms with Crippen molar-refractivity contribution in [1.29, 1.82) is 0 Å². The summed E-state index contributed by atoms with van der Waals surface area (Å²) < 4.78 is 0. The fraction of sp³-hybridized carbons (Fsp3) is 0. The molecule has 0 atom stereocenters. The first-order valence-corrected chi connectivity index (χ1v) is 1.30. The molecule has 0 aliphatic carbocycles. The van der Waals surface area contributed by atoms with E-state index in [-0.39, 0.29) is 74.4 Å². The number of hydrogen-bond acceptors (Lipinski definition) is 2. The molecule has 0 aromatic heterocycles. The maximum absolute atomic E-state index is 8.56. The molecule has 0 aromatic rings. The summed E-state index contributed by atoms with van der Waals surface area (Å²) in [5.74, 6) is 0. The first-order chi connectivity index (χ1) is 3.46. The Kier molecular flexibility index (Phi) is 37.0. The SMILES string of the molecule is O=C(O)O.O=C(O)O.[KH].[MgH2]. The van der Waals surface area contributed by atoms with Crippen LogP contribution in [-0.4, -0.2) is 107 Å². The van der Waals surface area contributed by atoms with E-state index in [0.717, 1.165) is 0 Å². The summed E-state index contributed by atoms with van der Waals surface area (Å²) in [7, 11) is 0. The van der Waals surface area contributed by atoms with Crippen LogP contribution in [0.15, 0.2) is 0 Å². The zero-order chi connectivity index (χ0) is 7.15. The van der Waals surface area contributed by atoms with E-state index in [4.69, 9.17) is 30.0 Å². The minimum absolute atomic E-state index is 0. The quantitative estimate of drug-likeness (QED) is 0.360. The predicted octanol–water partition coefficient (Wildman–Crippen LogP) is -1.12. The molecule has 0 aromatic carbocycles. The summed E-state index contributed by atoms with van der Waals surface area (Å²) in [6.45, 7) is 0. The molecule has 10 heavy (non-hydrogen) atoms. The Morgan fingerprint density at radius 3 is 0.800 bits per heavy atom. The van der Waals surface area contributed by atoms with Crippen molar-refractivity contribution in [3.05, 3.63) is 0 Å². The van der Waals surface area contributed by atoms with Gasteiger partial charge in [-0.15, -0.1) is 0 Å². The third-order valence-corrected chi connectivity index (χ3v) is 0. The minimum atomic E-state index is -1.83. The van der Waals surface area contributed by atoms with Crippen LogP contribution in [0.5, 0.6) is 0 Å². The van der Waals surface area contributed by atoms with E-state index in [1.54, 1.807) is 0 Å². The van der Waals surface area contributed by atoms with Crippen molar-refractivity contribution in [3.8, 4) is 0 Å². The zero-order valence-electron chi connectivity index (χ0n) is 3.61. The van der Waals surface area contributed by atoms with Crippen LogP contribution in [0.2, 0.25) is 0 Å². The summed E-state index contributed by atoms with van der Waals surface area (Å²) in [5, 5.41) is 27.9. The second-order valence-electron chi connectivity index (χ2n) is 0.565. The summed E-state index contributed by atoms with van der Waals surface area (Å²) in [4.78, 5) is 17.1. The smallest absolute Gasteiger partial charge is 0.316 e. The first kappa shape index (κ1) is 22.4. The first-order valence-electron chi connectivity index (χ1n) is 1.30. The van der Waals surface area contributed by atoms with E-state index in [1.165, 1.54) is 0 Å². The van der Waals surface area contributed by atoms with Crippen LogP contribution in [0.1, 0.15) is 0 Å². The van der Waals surface area contributed by atoms with Gasteiger partial charge in [0.1, 0.15) is 0 Å². The summed E-state index contributed by atoms with van der Waals surface area (Å²) in [6, 6.07) is 0. The van der Waals surface area contributed by atoms with Gasteiger partial charge in [-0.25, -0.2) is 9.59 Å². The second kappa shape index (κ2) is 16.5. The molecular weight excluding hydrogens is 183 g/mol. The molecule has 0 aliphatic heterocycles. The molecule has 0 saturated carbocycles. The molecule has 0 rings (SSSR count). The van der Waals surface area contributed by atoms with Crippen molar-refractivity contribution >= 4 is 86.7 Å². The molecule has 0 amide bonds. The van der Waals surface area contributed by atoms with Gasteiger partial charge in [-0.2, -0.15) is 0 Å². The van der Waals surface area contributed by atoms with Gasteiger partial charge in [-0.1, -0.05) is 0 Å². The zero-order valence-corrected chi connectivity index (χ0v) is 3.61. The van der Waals surface area contributed by atoms with E-state index in [2.05, 4.69) is 0 Å². The number of hydrogen-bond donors (Lipinski definition) is 4. The van der Waals surface area contributed by atoms with Crippen molar-refractivity contribution in [1.82, 2.24) is 0 Å². The van der Waals surface area contributed by atoms with Crippen molar-refractivity contribution in [2.24, 2.45) is 0 Å². The van der Waals surface area contributed by atoms with Gasteiger partial charge in [0.25, 0.3) is 0 Å². The van der Waals surface area contributed by atoms with Gasteiger partial charge in [-0.3, -0.25) is 0 Å². The van der Waals surface area contributed by atoms with E-state index in [0.29, 0.717) is 0 Å². The van der Waals surface area contributed by atoms with Crippen molar-refractivity contribution < 1.29 is 30.0 Å². The maximum atomic E-state index is 8.56. The molecule has 4 N–H and O–H groups in total. The van der Waals surface area contributed by atoms with Gasteiger partial charge in [0, 0.05) is 0 Å². The number of rotatable bonds is 0. The van der Waals surface area contributed by atoms with E-state index in [9.17, 15) is 0 Å². The predicted molar refractivity (Wildman–Crippen MR) is 37.0 cm³/mol. The molecular formula is C2H7KMgO6. The topological polar surface area (TPSA) is 115 Å². The van der Waals surface area contributed by atoms with Gasteiger partial charge in [0.15, 0.2) is 0 Å². The van der Waals surface area contributed by atoms with Gasteiger partial charge in [0.2, 0.25) is 0 Å². The Morgan fingerprint density at radius 1 is 0.800 bits per heavy atom. The molecule has 54 valence electrons. The van der Waals surface area contributed by atoms with Crippen LogP contribution in [-0.2, 0) is 0 Å². The Balaban J connectivity index is -0.0000000300. The third-order valence-electron chi connectivity index (χ3n) is 0. The minimum Gasteiger partial charge on any atom is 0.316 e.